The Hall–Kier alpha value is -0.710. The summed E-state index contributed by atoms with van der Waals surface area (Å²) in [5.41, 5.74) is 1.91. The summed E-state index contributed by atoms with van der Waals surface area (Å²) in [5, 5.41) is 3.47. The number of benzene rings is 2. The van der Waals surface area contributed by atoms with E-state index in [9.17, 15) is 4.39 Å². The third kappa shape index (κ3) is 3.90. The van der Waals surface area contributed by atoms with Crippen molar-refractivity contribution in [1.29, 1.82) is 0 Å². The molecule has 0 saturated carbocycles. The number of halogens is 3. The normalized spacial score (nSPS) is 11.7. The van der Waals surface area contributed by atoms with Crippen LogP contribution in [0.4, 0.5) is 4.39 Å². The van der Waals surface area contributed by atoms with Crippen molar-refractivity contribution in [2.24, 2.45) is 0 Å². The van der Waals surface area contributed by atoms with E-state index in [1.165, 1.54) is 11.6 Å². The van der Waals surface area contributed by atoms with Gasteiger partial charge in [-0.15, -0.1) is 0 Å². The van der Waals surface area contributed by atoms with Crippen molar-refractivity contribution in [2.45, 2.75) is 25.9 Å². The van der Waals surface area contributed by atoms with Crippen LogP contribution in [-0.4, -0.2) is 0 Å². The predicted octanol–water partition coefficient (Wildman–Crippen LogP) is 5.38. The van der Waals surface area contributed by atoms with Gasteiger partial charge < -0.3 is 5.32 Å². The van der Waals surface area contributed by atoms with Gasteiger partial charge >= 0.3 is 0 Å². The van der Waals surface area contributed by atoms with Crippen LogP contribution in [0.3, 0.4) is 0 Å². The summed E-state index contributed by atoms with van der Waals surface area (Å²) in [6.07, 6.45) is 0. The van der Waals surface area contributed by atoms with Gasteiger partial charge in [-0.25, -0.2) is 4.39 Å². The van der Waals surface area contributed by atoms with Crippen LogP contribution in [0.1, 0.15) is 25.0 Å². The lowest BCUT2D eigenvalue weighted by Gasteiger charge is -2.27. The zero-order valence-electron chi connectivity index (χ0n) is 11.4. The number of nitrogens with one attached hydrogen (secondary N) is 1. The minimum Gasteiger partial charge on any atom is -0.304 e. The Balaban J connectivity index is 2.12. The highest BCUT2D eigenvalue weighted by atomic mass is 79.9. The van der Waals surface area contributed by atoms with Crippen molar-refractivity contribution < 1.29 is 4.39 Å². The van der Waals surface area contributed by atoms with Gasteiger partial charge in [-0.3, -0.25) is 0 Å². The maximum absolute atomic E-state index is 13.3. The van der Waals surface area contributed by atoms with Crippen LogP contribution in [-0.2, 0) is 12.1 Å². The highest BCUT2D eigenvalue weighted by Gasteiger charge is 2.19. The second-order valence-corrected chi connectivity index (χ2v) is 6.99. The van der Waals surface area contributed by atoms with E-state index in [1.807, 2.05) is 12.1 Å². The largest absolute Gasteiger partial charge is 0.304 e. The fourth-order valence-corrected chi connectivity index (χ4v) is 2.61. The summed E-state index contributed by atoms with van der Waals surface area (Å²) in [6.45, 7) is 4.83. The summed E-state index contributed by atoms with van der Waals surface area (Å²) in [6, 6.07) is 12.9. The van der Waals surface area contributed by atoms with E-state index in [2.05, 4.69) is 63.2 Å². The molecule has 2 rings (SSSR count). The molecule has 4 heteroatoms. The van der Waals surface area contributed by atoms with Crippen molar-refractivity contribution >= 4 is 31.9 Å². The molecule has 0 aliphatic rings. The van der Waals surface area contributed by atoms with Crippen molar-refractivity contribution in [3.05, 3.63) is 68.4 Å². The van der Waals surface area contributed by atoms with Crippen LogP contribution in [0.15, 0.2) is 51.4 Å². The molecule has 0 fully saturated rings. The third-order valence-corrected chi connectivity index (χ3v) is 4.60. The fourth-order valence-electron chi connectivity index (χ4n) is 1.96. The van der Waals surface area contributed by atoms with Crippen molar-refractivity contribution in [1.82, 2.24) is 5.32 Å². The van der Waals surface area contributed by atoms with E-state index in [-0.39, 0.29) is 11.4 Å². The van der Waals surface area contributed by atoms with Gasteiger partial charge in [0.15, 0.2) is 0 Å². The molecular weight excluding hydrogens is 385 g/mol. The topological polar surface area (TPSA) is 12.0 Å². The Kier molecular flexibility index (Phi) is 4.99. The van der Waals surface area contributed by atoms with Gasteiger partial charge in [-0.05, 0) is 55.3 Å². The van der Waals surface area contributed by atoms with E-state index in [0.29, 0.717) is 6.54 Å². The molecule has 1 N–H and O–H groups in total. The summed E-state index contributed by atoms with van der Waals surface area (Å²) in [4.78, 5) is 0. The molecule has 0 aliphatic carbocycles. The average molecular weight is 401 g/mol. The molecule has 2 aromatic rings. The van der Waals surface area contributed by atoms with Crippen LogP contribution >= 0.6 is 31.9 Å². The summed E-state index contributed by atoms with van der Waals surface area (Å²) in [7, 11) is 0. The smallest absolute Gasteiger partial charge is 0.123 e. The summed E-state index contributed by atoms with van der Waals surface area (Å²) >= 11 is 6.89. The first-order chi connectivity index (χ1) is 9.38. The van der Waals surface area contributed by atoms with Crippen molar-refractivity contribution in [2.75, 3.05) is 0 Å². The first-order valence-corrected chi connectivity index (χ1v) is 7.92. The summed E-state index contributed by atoms with van der Waals surface area (Å²) in [5.74, 6) is -0.216. The molecule has 1 nitrogen and oxygen atoms in total. The van der Waals surface area contributed by atoms with Gasteiger partial charge in [-0.2, -0.15) is 0 Å². The number of hydrogen-bond acceptors (Lipinski definition) is 1. The Morgan fingerprint density at radius 1 is 1.05 bits per heavy atom. The molecular formula is C16H16Br2FN. The second kappa shape index (κ2) is 6.37. The molecule has 20 heavy (non-hydrogen) atoms. The van der Waals surface area contributed by atoms with Gasteiger partial charge in [0.05, 0.1) is 0 Å². The van der Waals surface area contributed by atoms with Crippen molar-refractivity contribution in [3.63, 3.8) is 0 Å². The first kappa shape index (κ1) is 15.7. The van der Waals surface area contributed by atoms with Gasteiger partial charge in [-0.1, -0.05) is 44.0 Å². The third-order valence-electron chi connectivity index (χ3n) is 3.29. The van der Waals surface area contributed by atoms with Crippen LogP contribution in [0.2, 0.25) is 0 Å². The molecule has 0 unspecified atom stereocenters. The van der Waals surface area contributed by atoms with E-state index < -0.39 is 0 Å². The lowest BCUT2D eigenvalue weighted by atomic mass is 9.94. The summed E-state index contributed by atoms with van der Waals surface area (Å²) < 4.78 is 15.3. The number of hydrogen-bond donors (Lipinski definition) is 1. The standard InChI is InChI=1S/C16H16Br2FN/c1-16(2,12-3-5-13(17)6-4-12)20-10-11-9-14(19)7-8-15(11)18/h3-9,20H,10H2,1-2H3. The minimum absolute atomic E-state index is 0.188. The molecule has 0 amide bonds. The van der Waals surface area contributed by atoms with Crippen LogP contribution < -0.4 is 5.32 Å². The van der Waals surface area contributed by atoms with Gasteiger partial charge in [0.25, 0.3) is 0 Å². The zero-order chi connectivity index (χ0) is 14.8. The predicted molar refractivity (Wildman–Crippen MR) is 88.1 cm³/mol. The Morgan fingerprint density at radius 2 is 1.70 bits per heavy atom. The van der Waals surface area contributed by atoms with Crippen LogP contribution in [0.25, 0.3) is 0 Å². The molecule has 0 radical (unpaired) electrons. The van der Waals surface area contributed by atoms with Crippen molar-refractivity contribution in [3.8, 4) is 0 Å². The molecule has 2 aromatic carbocycles. The average Bonchev–Trinajstić information content (AvgIpc) is 2.40. The second-order valence-electron chi connectivity index (χ2n) is 5.22. The fraction of sp³-hybridized carbons (Fsp3) is 0.250. The molecule has 0 bridgehead atoms. The molecule has 0 aliphatic heterocycles. The molecule has 0 saturated heterocycles. The molecule has 0 aromatic heterocycles. The quantitative estimate of drug-likeness (QED) is 0.726. The van der Waals surface area contributed by atoms with E-state index in [4.69, 9.17) is 0 Å². The molecule has 0 heterocycles. The van der Waals surface area contributed by atoms with Gasteiger partial charge in [0.1, 0.15) is 5.82 Å². The maximum Gasteiger partial charge on any atom is 0.123 e. The van der Waals surface area contributed by atoms with Gasteiger partial charge in [0.2, 0.25) is 0 Å². The van der Waals surface area contributed by atoms with Gasteiger partial charge in [0, 0.05) is 21.0 Å². The van der Waals surface area contributed by atoms with E-state index in [1.54, 1.807) is 12.1 Å². The van der Waals surface area contributed by atoms with Crippen LogP contribution in [0, 0.1) is 5.82 Å². The zero-order valence-corrected chi connectivity index (χ0v) is 14.6. The highest BCUT2D eigenvalue weighted by molar-refractivity contribution is 9.10. The molecule has 0 atom stereocenters. The lowest BCUT2D eigenvalue weighted by molar-refractivity contribution is 0.400. The minimum atomic E-state index is -0.216. The number of rotatable bonds is 4. The Morgan fingerprint density at radius 3 is 2.35 bits per heavy atom. The maximum atomic E-state index is 13.3. The monoisotopic (exact) mass is 399 g/mol. The first-order valence-electron chi connectivity index (χ1n) is 6.33. The SMILES string of the molecule is CC(C)(NCc1cc(F)ccc1Br)c1ccc(Br)cc1. The van der Waals surface area contributed by atoms with Crippen LogP contribution in [0.5, 0.6) is 0 Å². The molecule has 0 spiro atoms. The lowest BCUT2D eigenvalue weighted by Crippen LogP contribution is -2.36. The Bertz CT molecular complexity index is 594. The Labute approximate surface area is 135 Å². The highest BCUT2D eigenvalue weighted by Crippen LogP contribution is 2.24. The molecule has 106 valence electrons. The van der Waals surface area contributed by atoms with E-state index in [0.717, 1.165) is 14.5 Å². The van der Waals surface area contributed by atoms with E-state index >= 15 is 0 Å².